The lowest BCUT2D eigenvalue weighted by Crippen LogP contribution is -2.25. The third kappa shape index (κ3) is 4.37. The average Bonchev–Trinajstić information content (AvgIpc) is 2.95. The van der Waals surface area contributed by atoms with Gasteiger partial charge in [-0.15, -0.1) is 11.3 Å². The van der Waals surface area contributed by atoms with E-state index in [9.17, 15) is 0 Å². The first-order chi connectivity index (χ1) is 8.36. The molecule has 1 aromatic heterocycles. The fourth-order valence-corrected chi connectivity index (χ4v) is 3.11. The number of likely N-dealkylation sites (tertiary alicyclic amines) is 1. The predicted octanol–water partition coefficient (Wildman–Crippen LogP) is 2.07. The summed E-state index contributed by atoms with van der Waals surface area (Å²) in [6.45, 7) is 8.24. The Bertz CT molecular complexity index is 318. The Labute approximate surface area is 108 Å². The molecule has 0 saturated carbocycles. The summed E-state index contributed by atoms with van der Waals surface area (Å²) in [5, 5.41) is 3.53. The van der Waals surface area contributed by atoms with Gasteiger partial charge in [0.2, 0.25) is 0 Å². The van der Waals surface area contributed by atoms with Gasteiger partial charge < -0.3 is 10.2 Å². The molecule has 2 heterocycles. The smallest absolute Gasteiger partial charge is 0.0797 e. The van der Waals surface area contributed by atoms with E-state index in [1.54, 1.807) is 11.3 Å². The van der Waals surface area contributed by atoms with Gasteiger partial charge in [-0.25, -0.2) is 4.98 Å². The molecule has 96 valence electrons. The van der Waals surface area contributed by atoms with Gasteiger partial charge in [0.1, 0.15) is 0 Å². The number of hydrogen-bond acceptors (Lipinski definition) is 4. The van der Waals surface area contributed by atoms with E-state index in [0.29, 0.717) is 0 Å². The molecule has 1 aromatic rings. The maximum absolute atomic E-state index is 4.27. The van der Waals surface area contributed by atoms with Crippen LogP contribution in [-0.2, 0) is 6.42 Å². The molecule has 17 heavy (non-hydrogen) atoms. The van der Waals surface area contributed by atoms with Crippen LogP contribution in [0, 0.1) is 6.92 Å². The highest BCUT2D eigenvalue weighted by Gasteiger charge is 2.09. The van der Waals surface area contributed by atoms with E-state index in [2.05, 4.69) is 22.1 Å². The summed E-state index contributed by atoms with van der Waals surface area (Å²) in [7, 11) is 0. The van der Waals surface area contributed by atoms with Crippen molar-refractivity contribution >= 4 is 11.3 Å². The van der Waals surface area contributed by atoms with Gasteiger partial charge >= 0.3 is 0 Å². The van der Waals surface area contributed by atoms with Crippen molar-refractivity contribution in [1.29, 1.82) is 0 Å². The van der Waals surface area contributed by atoms with Crippen LogP contribution in [0.2, 0.25) is 0 Å². The normalized spacial score (nSPS) is 16.8. The molecule has 2 rings (SSSR count). The number of rotatable bonds is 7. The molecule has 0 atom stereocenters. The van der Waals surface area contributed by atoms with E-state index in [1.165, 1.54) is 49.5 Å². The van der Waals surface area contributed by atoms with Crippen LogP contribution in [0.4, 0.5) is 0 Å². The van der Waals surface area contributed by atoms with Crippen molar-refractivity contribution in [2.75, 3.05) is 32.7 Å². The van der Waals surface area contributed by atoms with Crippen molar-refractivity contribution in [3.63, 3.8) is 0 Å². The highest BCUT2D eigenvalue weighted by molar-refractivity contribution is 7.09. The number of aromatic nitrogens is 1. The number of nitrogens with one attached hydrogen (secondary N) is 1. The van der Waals surface area contributed by atoms with E-state index in [4.69, 9.17) is 0 Å². The summed E-state index contributed by atoms with van der Waals surface area (Å²) in [5.41, 5.74) is 3.15. The van der Waals surface area contributed by atoms with Crippen LogP contribution in [0.3, 0.4) is 0 Å². The Morgan fingerprint density at radius 1 is 1.35 bits per heavy atom. The minimum absolute atomic E-state index is 1.09. The maximum Gasteiger partial charge on any atom is 0.0797 e. The Balaban J connectivity index is 1.47. The molecule has 1 saturated heterocycles. The molecule has 3 nitrogen and oxygen atoms in total. The molecule has 0 radical (unpaired) electrons. The van der Waals surface area contributed by atoms with Crippen molar-refractivity contribution in [2.24, 2.45) is 0 Å². The largest absolute Gasteiger partial charge is 0.316 e. The molecule has 0 bridgehead atoms. The second-order valence-electron chi connectivity index (χ2n) is 4.76. The van der Waals surface area contributed by atoms with Crippen LogP contribution in [0.1, 0.15) is 29.8 Å². The van der Waals surface area contributed by atoms with Gasteiger partial charge in [0.25, 0.3) is 0 Å². The van der Waals surface area contributed by atoms with Gasteiger partial charge in [0.15, 0.2) is 0 Å². The van der Waals surface area contributed by atoms with E-state index in [0.717, 1.165) is 19.5 Å². The summed E-state index contributed by atoms with van der Waals surface area (Å²) in [5.74, 6) is 0. The van der Waals surface area contributed by atoms with Crippen LogP contribution in [-0.4, -0.2) is 42.6 Å². The second-order valence-corrected chi connectivity index (χ2v) is 5.70. The Morgan fingerprint density at radius 3 is 2.88 bits per heavy atom. The molecule has 0 amide bonds. The van der Waals surface area contributed by atoms with E-state index in [1.807, 2.05) is 5.51 Å². The molecular formula is C13H23N3S. The van der Waals surface area contributed by atoms with Crippen LogP contribution < -0.4 is 5.32 Å². The number of thiazole rings is 1. The van der Waals surface area contributed by atoms with E-state index < -0.39 is 0 Å². The topological polar surface area (TPSA) is 28.2 Å². The monoisotopic (exact) mass is 253 g/mol. The lowest BCUT2D eigenvalue weighted by Gasteiger charge is -2.14. The first kappa shape index (κ1) is 13.0. The lowest BCUT2D eigenvalue weighted by molar-refractivity contribution is 0.331. The summed E-state index contributed by atoms with van der Waals surface area (Å²) < 4.78 is 0. The third-order valence-corrected chi connectivity index (χ3v) is 4.40. The van der Waals surface area contributed by atoms with Gasteiger partial charge in [-0.2, -0.15) is 0 Å². The minimum atomic E-state index is 1.09. The minimum Gasteiger partial charge on any atom is -0.316 e. The fraction of sp³-hybridized carbons (Fsp3) is 0.769. The molecule has 0 aromatic carbocycles. The quantitative estimate of drug-likeness (QED) is 0.754. The van der Waals surface area contributed by atoms with Gasteiger partial charge in [0, 0.05) is 11.4 Å². The molecule has 1 N–H and O–H groups in total. The molecule has 0 spiro atoms. The molecule has 0 aliphatic carbocycles. The van der Waals surface area contributed by atoms with Crippen LogP contribution in [0.5, 0.6) is 0 Å². The molecule has 0 unspecified atom stereocenters. The third-order valence-electron chi connectivity index (χ3n) is 3.40. The summed E-state index contributed by atoms with van der Waals surface area (Å²) in [4.78, 5) is 8.27. The predicted molar refractivity (Wildman–Crippen MR) is 73.7 cm³/mol. The van der Waals surface area contributed by atoms with Crippen molar-refractivity contribution in [3.8, 4) is 0 Å². The fourth-order valence-electron chi connectivity index (χ4n) is 2.33. The highest BCUT2D eigenvalue weighted by atomic mass is 32.1. The van der Waals surface area contributed by atoms with Crippen LogP contribution in [0.15, 0.2) is 5.51 Å². The Morgan fingerprint density at radius 2 is 2.18 bits per heavy atom. The van der Waals surface area contributed by atoms with Crippen molar-refractivity contribution < 1.29 is 0 Å². The lowest BCUT2D eigenvalue weighted by atomic mass is 10.3. The zero-order valence-corrected chi connectivity index (χ0v) is 11.6. The highest BCUT2D eigenvalue weighted by Crippen LogP contribution is 2.11. The molecule has 1 fully saturated rings. The number of hydrogen-bond donors (Lipinski definition) is 1. The summed E-state index contributed by atoms with van der Waals surface area (Å²) >= 11 is 1.77. The molecular weight excluding hydrogens is 230 g/mol. The number of nitrogens with zero attached hydrogens (tertiary/aromatic N) is 2. The first-order valence-corrected chi connectivity index (χ1v) is 7.56. The Kier molecular flexibility index (Phi) is 5.42. The standard InChI is InChI=1S/C13H23N3S/c1-12-13(17-11-15-12)5-7-14-6-4-10-16-8-2-3-9-16/h11,14H,2-10H2,1H3. The van der Waals surface area contributed by atoms with Crippen molar-refractivity contribution in [2.45, 2.75) is 32.6 Å². The van der Waals surface area contributed by atoms with Gasteiger partial charge in [0.05, 0.1) is 11.2 Å². The maximum atomic E-state index is 4.27. The molecule has 1 aliphatic heterocycles. The van der Waals surface area contributed by atoms with Crippen molar-refractivity contribution in [3.05, 3.63) is 16.1 Å². The van der Waals surface area contributed by atoms with Gasteiger partial charge in [-0.3, -0.25) is 0 Å². The number of aryl methyl sites for hydroxylation is 1. The van der Waals surface area contributed by atoms with Crippen molar-refractivity contribution in [1.82, 2.24) is 15.2 Å². The van der Waals surface area contributed by atoms with E-state index >= 15 is 0 Å². The zero-order chi connectivity index (χ0) is 11.9. The van der Waals surface area contributed by atoms with Crippen LogP contribution >= 0.6 is 11.3 Å². The van der Waals surface area contributed by atoms with Gasteiger partial charge in [-0.1, -0.05) is 0 Å². The molecule has 4 heteroatoms. The SMILES string of the molecule is Cc1ncsc1CCNCCCN1CCCC1. The average molecular weight is 253 g/mol. The van der Waals surface area contributed by atoms with Crippen LogP contribution in [0.25, 0.3) is 0 Å². The molecule has 1 aliphatic rings. The first-order valence-electron chi connectivity index (χ1n) is 6.68. The van der Waals surface area contributed by atoms with E-state index in [-0.39, 0.29) is 0 Å². The second kappa shape index (κ2) is 7.09. The summed E-state index contributed by atoms with van der Waals surface area (Å²) in [6, 6.07) is 0. The summed E-state index contributed by atoms with van der Waals surface area (Å²) in [6.07, 6.45) is 5.21. The zero-order valence-electron chi connectivity index (χ0n) is 10.7. The Hall–Kier alpha value is -0.450. The van der Waals surface area contributed by atoms with Gasteiger partial charge in [-0.05, 0) is 58.8 Å².